The number of amides is 2. The minimum atomic E-state index is -2.99. The topological polar surface area (TPSA) is 84.4 Å². The molecule has 1 aromatic heterocycles. The predicted octanol–water partition coefficient (Wildman–Crippen LogP) is 2.42. The van der Waals surface area contributed by atoms with Crippen molar-refractivity contribution in [3.63, 3.8) is 0 Å². The summed E-state index contributed by atoms with van der Waals surface area (Å²) >= 11 is 0. The number of carbonyl (C=O) groups excluding carboxylic acids is 2. The van der Waals surface area contributed by atoms with E-state index in [4.69, 9.17) is 4.74 Å². The fourth-order valence-corrected chi connectivity index (χ4v) is 2.79. The van der Waals surface area contributed by atoms with Crippen LogP contribution in [0, 0.1) is 0 Å². The molecule has 0 atom stereocenters. The number of nitrogens with one attached hydrogen (secondary N) is 1. The van der Waals surface area contributed by atoms with Gasteiger partial charge in [-0.2, -0.15) is 0 Å². The summed E-state index contributed by atoms with van der Waals surface area (Å²) in [6.07, 6.45) is 0.833. The van der Waals surface area contributed by atoms with E-state index in [0.717, 1.165) is 5.56 Å². The zero-order chi connectivity index (χ0) is 20.3. The average molecular weight is 390 g/mol. The summed E-state index contributed by atoms with van der Waals surface area (Å²) < 4.78 is 32.1. The van der Waals surface area contributed by atoms with Gasteiger partial charge >= 0.3 is 0 Å². The Morgan fingerprint density at radius 2 is 2.00 bits per heavy atom. The molecule has 0 fully saturated rings. The van der Waals surface area contributed by atoms with Gasteiger partial charge in [0, 0.05) is 25.6 Å². The van der Waals surface area contributed by atoms with Crippen LogP contribution < -0.4 is 10.1 Å². The molecule has 1 aromatic carbocycles. The molecule has 7 nitrogen and oxygen atoms in total. The molecule has 2 heterocycles. The summed E-state index contributed by atoms with van der Waals surface area (Å²) in [7, 11) is 1.55. The van der Waals surface area contributed by atoms with Crippen molar-refractivity contribution >= 4 is 11.8 Å². The Morgan fingerprint density at radius 1 is 1.29 bits per heavy atom. The molecule has 1 aliphatic heterocycles. The van der Waals surface area contributed by atoms with E-state index >= 15 is 0 Å². The van der Waals surface area contributed by atoms with E-state index < -0.39 is 12.5 Å². The number of carbonyl (C=O) groups is 2. The minimum Gasteiger partial charge on any atom is -0.471 e. The van der Waals surface area contributed by atoms with Crippen molar-refractivity contribution in [2.45, 2.75) is 32.4 Å². The van der Waals surface area contributed by atoms with E-state index in [1.165, 1.54) is 18.2 Å². The quantitative estimate of drug-likeness (QED) is 0.785. The van der Waals surface area contributed by atoms with Gasteiger partial charge in [0.25, 0.3) is 17.7 Å². The first-order chi connectivity index (χ1) is 13.3. The Balaban J connectivity index is 1.73. The molecule has 0 saturated heterocycles. The molecule has 0 saturated carbocycles. The zero-order valence-electron chi connectivity index (χ0n) is 15.5. The molecule has 0 aliphatic carbocycles. The van der Waals surface area contributed by atoms with Gasteiger partial charge in [-0.25, -0.2) is 18.7 Å². The van der Waals surface area contributed by atoms with Crippen molar-refractivity contribution in [3.8, 4) is 5.88 Å². The fourth-order valence-electron chi connectivity index (χ4n) is 2.79. The number of ether oxygens (including phenoxy) is 1. The van der Waals surface area contributed by atoms with Crippen molar-refractivity contribution in [2.24, 2.45) is 0 Å². The number of rotatable bonds is 7. The molecule has 28 heavy (non-hydrogen) atoms. The SMILES string of the molecule is CCC(F)(F)COc1ncnc2c1C(=O)N(Cc1ccc(C(=O)NC)cc1)C2. The van der Waals surface area contributed by atoms with E-state index in [0.29, 0.717) is 11.3 Å². The maximum atomic E-state index is 13.5. The molecule has 0 radical (unpaired) electrons. The van der Waals surface area contributed by atoms with Crippen molar-refractivity contribution in [1.29, 1.82) is 0 Å². The third-order valence-corrected chi connectivity index (χ3v) is 4.49. The molecule has 3 rings (SSSR count). The lowest BCUT2D eigenvalue weighted by Gasteiger charge is -2.16. The van der Waals surface area contributed by atoms with Crippen LogP contribution in [0.4, 0.5) is 8.78 Å². The van der Waals surface area contributed by atoms with Gasteiger partial charge in [0.1, 0.15) is 11.9 Å². The van der Waals surface area contributed by atoms with E-state index in [2.05, 4.69) is 15.3 Å². The van der Waals surface area contributed by atoms with Crippen LogP contribution in [-0.4, -0.2) is 46.3 Å². The summed E-state index contributed by atoms with van der Waals surface area (Å²) in [5, 5.41) is 2.54. The molecule has 1 aliphatic rings. The number of hydrogen-bond acceptors (Lipinski definition) is 5. The predicted molar refractivity (Wildman–Crippen MR) is 96.2 cm³/mol. The average Bonchev–Trinajstić information content (AvgIpc) is 3.02. The molecule has 1 N–H and O–H groups in total. The van der Waals surface area contributed by atoms with E-state index in [1.54, 1.807) is 31.3 Å². The molecular formula is C19H20F2N4O3. The molecule has 148 valence electrons. The van der Waals surface area contributed by atoms with Crippen LogP contribution in [0.3, 0.4) is 0 Å². The van der Waals surface area contributed by atoms with Gasteiger partial charge < -0.3 is 15.0 Å². The van der Waals surface area contributed by atoms with Gasteiger partial charge in [0.15, 0.2) is 6.61 Å². The monoisotopic (exact) mass is 390 g/mol. The highest BCUT2D eigenvalue weighted by molar-refractivity contribution is 5.99. The van der Waals surface area contributed by atoms with Crippen LogP contribution in [0.1, 0.15) is 45.3 Å². The minimum absolute atomic E-state index is 0.122. The number of nitrogens with zero attached hydrogens (tertiary/aromatic N) is 3. The number of aromatic nitrogens is 2. The van der Waals surface area contributed by atoms with Crippen LogP contribution in [0.25, 0.3) is 0 Å². The maximum Gasteiger partial charge on any atom is 0.281 e. The van der Waals surface area contributed by atoms with Gasteiger partial charge in [-0.3, -0.25) is 9.59 Å². The lowest BCUT2D eigenvalue weighted by Crippen LogP contribution is -2.26. The lowest BCUT2D eigenvalue weighted by atomic mass is 10.1. The number of halogens is 2. The highest BCUT2D eigenvalue weighted by atomic mass is 19.3. The molecular weight excluding hydrogens is 370 g/mol. The number of benzene rings is 1. The zero-order valence-corrected chi connectivity index (χ0v) is 15.5. The number of fused-ring (bicyclic) bond motifs is 1. The Labute approximate surface area is 160 Å². The second-order valence-corrected chi connectivity index (χ2v) is 6.44. The lowest BCUT2D eigenvalue weighted by molar-refractivity contribution is -0.0449. The number of hydrogen-bond donors (Lipinski definition) is 1. The van der Waals surface area contributed by atoms with Crippen LogP contribution >= 0.6 is 0 Å². The summed E-state index contributed by atoms with van der Waals surface area (Å²) in [5.41, 5.74) is 1.90. The van der Waals surface area contributed by atoms with Crippen LogP contribution in [0.2, 0.25) is 0 Å². The maximum absolute atomic E-state index is 13.5. The first-order valence-corrected chi connectivity index (χ1v) is 8.79. The molecule has 0 bridgehead atoms. The first kappa shape index (κ1) is 19.7. The largest absolute Gasteiger partial charge is 0.471 e. The normalized spacial score (nSPS) is 13.4. The third kappa shape index (κ3) is 4.08. The van der Waals surface area contributed by atoms with E-state index in [9.17, 15) is 18.4 Å². The van der Waals surface area contributed by atoms with Crippen LogP contribution in [0.5, 0.6) is 5.88 Å². The van der Waals surface area contributed by atoms with Gasteiger partial charge in [0.05, 0.1) is 12.2 Å². The highest BCUT2D eigenvalue weighted by Crippen LogP contribution is 2.30. The Kier molecular flexibility index (Phi) is 5.53. The van der Waals surface area contributed by atoms with Crippen LogP contribution in [0.15, 0.2) is 30.6 Å². The second kappa shape index (κ2) is 7.87. The van der Waals surface area contributed by atoms with E-state index in [1.807, 2.05) is 0 Å². The van der Waals surface area contributed by atoms with Crippen LogP contribution in [-0.2, 0) is 13.1 Å². The third-order valence-electron chi connectivity index (χ3n) is 4.49. The summed E-state index contributed by atoms with van der Waals surface area (Å²) in [6.45, 7) is 1.03. The molecule has 0 unspecified atom stereocenters. The van der Waals surface area contributed by atoms with Crippen molar-refractivity contribution in [2.75, 3.05) is 13.7 Å². The fraction of sp³-hybridized carbons (Fsp3) is 0.368. The van der Waals surface area contributed by atoms with Crippen molar-refractivity contribution in [1.82, 2.24) is 20.2 Å². The standard InChI is InChI=1S/C19H20F2N4O3/c1-3-19(20,21)10-28-17-15-14(23-11-24-17)9-25(18(15)27)8-12-4-6-13(7-5-12)16(26)22-2/h4-7,11H,3,8-10H2,1-2H3,(H,22,26). The second-order valence-electron chi connectivity index (χ2n) is 6.44. The summed E-state index contributed by atoms with van der Waals surface area (Å²) in [6, 6.07) is 6.85. The van der Waals surface area contributed by atoms with Gasteiger partial charge in [0.2, 0.25) is 5.88 Å². The Bertz CT molecular complexity index is 887. The smallest absolute Gasteiger partial charge is 0.281 e. The number of alkyl halides is 2. The Hall–Kier alpha value is -3.10. The Morgan fingerprint density at radius 3 is 2.64 bits per heavy atom. The summed E-state index contributed by atoms with van der Waals surface area (Å²) in [4.78, 5) is 33.8. The van der Waals surface area contributed by atoms with Crippen molar-refractivity contribution in [3.05, 3.63) is 53.0 Å². The van der Waals surface area contributed by atoms with Gasteiger partial charge in [-0.1, -0.05) is 19.1 Å². The summed E-state index contributed by atoms with van der Waals surface area (Å²) in [5.74, 6) is -3.69. The molecule has 2 aromatic rings. The van der Waals surface area contributed by atoms with Crippen molar-refractivity contribution < 1.29 is 23.1 Å². The van der Waals surface area contributed by atoms with Gasteiger partial charge in [-0.05, 0) is 17.7 Å². The highest BCUT2D eigenvalue weighted by Gasteiger charge is 2.35. The van der Waals surface area contributed by atoms with E-state index in [-0.39, 0.29) is 42.8 Å². The van der Waals surface area contributed by atoms with Gasteiger partial charge in [-0.15, -0.1) is 0 Å². The first-order valence-electron chi connectivity index (χ1n) is 8.79. The molecule has 0 spiro atoms. The molecule has 9 heteroatoms. The molecule has 2 amide bonds.